The molecule has 5 rings (SSSR count). The molecule has 0 radical (unpaired) electrons. The van der Waals surface area contributed by atoms with Crippen molar-refractivity contribution in [3.05, 3.63) is 56.2 Å². The highest BCUT2D eigenvalue weighted by Crippen LogP contribution is 2.31. The molecule has 2 amide bonds. The van der Waals surface area contributed by atoms with Gasteiger partial charge in [-0.2, -0.15) is 0 Å². The minimum absolute atomic E-state index is 0.0320. The van der Waals surface area contributed by atoms with E-state index in [0.29, 0.717) is 39.7 Å². The van der Waals surface area contributed by atoms with Crippen LogP contribution in [0.4, 0.5) is 0 Å². The van der Waals surface area contributed by atoms with Gasteiger partial charge in [0.1, 0.15) is 4.83 Å². The van der Waals surface area contributed by atoms with Crippen molar-refractivity contribution in [3.8, 4) is 0 Å². The van der Waals surface area contributed by atoms with Gasteiger partial charge in [-0.05, 0) is 43.9 Å². The number of aryl methyl sites for hydroxylation is 2. The molecule has 3 aromatic rings. The summed E-state index contributed by atoms with van der Waals surface area (Å²) in [4.78, 5) is 46.9. The fraction of sp³-hybridized carbons (Fsp3) is 0.391. The molecule has 0 aliphatic carbocycles. The molecule has 0 bridgehead atoms. The molecule has 2 aliphatic heterocycles. The molecular formula is C23H23N3O4S2. The van der Waals surface area contributed by atoms with Gasteiger partial charge in [0.2, 0.25) is 0 Å². The van der Waals surface area contributed by atoms with Gasteiger partial charge in [0, 0.05) is 11.5 Å². The Balaban J connectivity index is 1.51. The van der Waals surface area contributed by atoms with Crippen LogP contribution >= 0.6 is 23.1 Å². The van der Waals surface area contributed by atoms with E-state index >= 15 is 0 Å². The van der Waals surface area contributed by atoms with Crippen LogP contribution in [-0.4, -0.2) is 44.9 Å². The maximum atomic E-state index is 13.5. The number of hydrogen-bond donors (Lipinski definition) is 0. The third-order valence-electron chi connectivity index (χ3n) is 6.04. The molecule has 1 saturated heterocycles. The molecule has 9 heteroatoms. The second kappa shape index (κ2) is 8.46. The van der Waals surface area contributed by atoms with Crippen molar-refractivity contribution in [2.75, 3.05) is 12.5 Å². The fourth-order valence-electron chi connectivity index (χ4n) is 4.40. The lowest BCUT2D eigenvalue weighted by molar-refractivity contribution is 0.0683. The van der Waals surface area contributed by atoms with Crippen LogP contribution in [0.15, 0.2) is 34.2 Å². The molecule has 1 aromatic carbocycles. The van der Waals surface area contributed by atoms with Crippen molar-refractivity contribution in [2.24, 2.45) is 0 Å². The average Bonchev–Trinajstić information content (AvgIpc) is 3.47. The van der Waals surface area contributed by atoms with E-state index in [1.54, 1.807) is 28.8 Å². The topological polar surface area (TPSA) is 81.5 Å². The van der Waals surface area contributed by atoms with Crippen molar-refractivity contribution in [3.63, 3.8) is 0 Å². The normalized spacial score (nSPS) is 18.2. The van der Waals surface area contributed by atoms with E-state index in [0.717, 1.165) is 29.7 Å². The number of hydrogen-bond acceptors (Lipinski definition) is 7. The van der Waals surface area contributed by atoms with E-state index in [9.17, 15) is 14.4 Å². The van der Waals surface area contributed by atoms with Crippen LogP contribution < -0.4 is 5.56 Å². The van der Waals surface area contributed by atoms with E-state index in [4.69, 9.17) is 9.72 Å². The number of thiophene rings is 1. The van der Waals surface area contributed by atoms with Crippen molar-refractivity contribution in [2.45, 2.75) is 50.9 Å². The van der Waals surface area contributed by atoms with E-state index < -0.39 is 0 Å². The van der Waals surface area contributed by atoms with Crippen LogP contribution in [0.1, 0.15) is 50.9 Å². The molecule has 1 atom stereocenters. The van der Waals surface area contributed by atoms with Gasteiger partial charge >= 0.3 is 0 Å². The first-order valence-corrected chi connectivity index (χ1v) is 12.5. The van der Waals surface area contributed by atoms with Gasteiger partial charge in [-0.15, -0.1) is 11.3 Å². The maximum absolute atomic E-state index is 13.5. The van der Waals surface area contributed by atoms with Gasteiger partial charge in [-0.25, -0.2) is 4.98 Å². The number of ether oxygens (including phenoxy) is 1. The predicted octanol–water partition coefficient (Wildman–Crippen LogP) is 3.85. The SMILES string of the molecule is CCc1c(C)sc2nc(SCN3C(=O)c4ccccc4C3=O)n(CC3CCCO3)c(=O)c12. The molecule has 2 aliphatic rings. The van der Waals surface area contributed by atoms with Gasteiger partial charge in [-0.3, -0.25) is 23.9 Å². The Morgan fingerprint density at radius 1 is 1.19 bits per heavy atom. The van der Waals surface area contributed by atoms with Crippen LogP contribution in [0.5, 0.6) is 0 Å². The zero-order chi connectivity index (χ0) is 22.4. The quantitative estimate of drug-likeness (QED) is 0.310. The lowest BCUT2D eigenvalue weighted by atomic mass is 10.1. The summed E-state index contributed by atoms with van der Waals surface area (Å²) >= 11 is 2.76. The number of nitrogens with zero attached hydrogens (tertiary/aromatic N) is 3. The number of carbonyl (C=O) groups is 2. The van der Waals surface area contributed by atoms with Gasteiger partial charge in [0.05, 0.1) is 35.0 Å². The first-order valence-electron chi connectivity index (χ1n) is 10.7. The summed E-state index contributed by atoms with van der Waals surface area (Å²) in [5.74, 6) is -0.527. The number of thioether (sulfide) groups is 1. The second-order valence-electron chi connectivity index (χ2n) is 7.97. The van der Waals surface area contributed by atoms with Crippen molar-refractivity contribution >= 4 is 45.1 Å². The van der Waals surface area contributed by atoms with Crippen LogP contribution in [0.2, 0.25) is 0 Å². The monoisotopic (exact) mass is 469 g/mol. The van der Waals surface area contributed by atoms with Crippen molar-refractivity contribution in [1.82, 2.24) is 14.5 Å². The van der Waals surface area contributed by atoms with E-state index in [2.05, 4.69) is 0 Å². The molecule has 166 valence electrons. The molecule has 0 saturated carbocycles. The van der Waals surface area contributed by atoms with Crippen LogP contribution in [0, 0.1) is 6.92 Å². The van der Waals surface area contributed by atoms with Gasteiger partial charge in [0.25, 0.3) is 17.4 Å². The Morgan fingerprint density at radius 2 is 1.91 bits per heavy atom. The second-order valence-corrected chi connectivity index (χ2v) is 10.1. The molecule has 0 spiro atoms. The fourth-order valence-corrected chi connectivity index (χ4v) is 6.51. The Hall–Kier alpha value is -2.49. The third-order valence-corrected chi connectivity index (χ3v) is 8.04. The number of amides is 2. The van der Waals surface area contributed by atoms with Gasteiger partial charge < -0.3 is 4.74 Å². The molecule has 2 aromatic heterocycles. The Bertz CT molecular complexity index is 1260. The largest absolute Gasteiger partial charge is 0.376 e. The lowest BCUT2D eigenvalue weighted by Crippen LogP contribution is -2.31. The highest BCUT2D eigenvalue weighted by molar-refractivity contribution is 7.99. The van der Waals surface area contributed by atoms with Crippen LogP contribution in [0.25, 0.3) is 10.2 Å². The summed E-state index contributed by atoms with van der Waals surface area (Å²) in [6.07, 6.45) is 2.61. The third kappa shape index (κ3) is 3.48. The first kappa shape index (κ1) is 21.4. The zero-order valence-electron chi connectivity index (χ0n) is 17.9. The van der Waals surface area contributed by atoms with E-state index in [-0.39, 0.29) is 29.4 Å². The highest BCUT2D eigenvalue weighted by Gasteiger charge is 2.35. The Morgan fingerprint density at radius 3 is 2.53 bits per heavy atom. The lowest BCUT2D eigenvalue weighted by Gasteiger charge is -2.18. The summed E-state index contributed by atoms with van der Waals surface area (Å²) in [6, 6.07) is 6.83. The average molecular weight is 470 g/mol. The summed E-state index contributed by atoms with van der Waals surface area (Å²) in [6.45, 7) is 5.18. The number of rotatable bonds is 6. The summed E-state index contributed by atoms with van der Waals surface area (Å²) < 4.78 is 7.46. The summed E-state index contributed by atoms with van der Waals surface area (Å²) in [5.41, 5.74) is 1.80. The van der Waals surface area contributed by atoms with Crippen LogP contribution in [0.3, 0.4) is 0 Å². The number of benzene rings is 1. The number of carbonyl (C=O) groups excluding carboxylic acids is 2. The minimum atomic E-state index is -0.313. The number of fused-ring (bicyclic) bond motifs is 2. The minimum Gasteiger partial charge on any atom is -0.376 e. The number of aromatic nitrogens is 2. The Kier molecular flexibility index (Phi) is 5.65. The molecule has 32 heavy (non-hydrogen) atoms. The highest BCUT2D eigenvalue weighted by atomic mass is 32.2. The van der Waals surface area contributed by atoms with Crippen LogP contribution in [-0.2, 0) is 17.7 Å². The standard InChI is InChI=1S/C23H23N3O4S2/c1-3-15-13(2)32-19-18(15)22(29)25(11-14-7-6-10-30-14)23(24-19)31-12-26-20(27)16-8-4-5-9-17(16)21(26)28/h4-5,8-9,14H,3,6-7,10-12H2,1-2H3. The molecule has 4 heterocycles. The smallest absolute Gasteiger partial charge is 0.263 e. The van der Waals surface area contributed by atoms with E-state index in [1.807, 2.05) is 13.8 Å². The zero-order valence-corrected chi connectivity index (χ0v) is 19.6. The summed E-state index contributed by atoms with van der Waals surface area (Å²) in [5, 5.41) is 1.19. The molecule has 1 fully saturated rings. The molecule has 0 N–H and O–H groups in total. The molecular weight excluding hydrogens is 446 g/mol. The maximum Gasteiger partial charge on any atom is 0.263 e. The van der Waals surface area contributed by atoms with E-state index in [1.165, 1.54) is 28.0 Å². The van der Waals surface area contributed by atoms with Gasteiger partial charge in [-0.1, -0.05) is 30.8 Å². The number of imide groups is 1. The van der Waals surface area contributed by atoms with Crippen molar-refractivity contribution < 1.29 is 14.3 Å². The summed E-state index contributed by atoms with van der Waals surface area (Å²) in [7, 11) is 0. The predicted molar refractivity (Wildman–Crippen MR) is 125 cm³/mol. The van der Waals surface area contributed by atoms with Crippen molar-refractivity contribution in [1.29, 1.82) is 0 Å². The molecule has 1 unspecified atom stereocenters. The van der Waals surface area contributed by atoms with Gasteiger partial charge in [0.15, 0.2) is 5.16 Å². The molecule has 7 nitrogen and oxygen atoms in total. The first-order chi connectivity index (χ1) is 15.5. The Labute approximate surface area is 193 Å².